The Bertz CT molecular complexity index is 1460. The number of piperazine rings is 2. The van der Waals surface area contributed by atoms with E-state index in [1.807, 2.05) is 85.2 Å². The Balaban J connectivity index is 0.000000137. The van der Waals surface area contributed by atoms with Crippen molar-refractivity contribution in [2.75, 3.05) is 36.0 Å². The van der Waals surface area contributed by atoms with Gasteiger partial charge in [-0.05, 0) is 25.0 Å². The lowest BCUT2D eigenvalue weighted by atomic mass is 10.0. The van der Waals surface area contributed by atoms with Crippen LogP contribution < -0.4 is 20.4 Å². The van der Waals surface area contributed by atoms with Crippen molar-refractivity contribution in [1.29, 1.82) is 0 Å². The molecule has 6 heterocycles. The zero-order valence-corrected chi connectivity index (χ0v) is 23.4. The van der Waals surface area contributed by atoms with Gasteiger partial charge in [-0.1, -0.05) is 60.7 Å². The summed E-state index contributed by atoms with van der Waals surface area (Å²) >= 11 is 0. The van der Waals surface area contributed by atoms with E-state index in [0.717, 1.165) is 37.6 Å². The number of rotatable bonds is 6. The average Bonchev–Trinajstić information content (AvgIpc) is 3.89. The number of pyridine rings is 2. The van der Waals surface area contributed by atoms with E-state index < -0.39 is 0 Å². The highest BCUT2D eigenvalue weighted by Gasteiger charge is 2.38. The minimum Gasteiger partial charge on any atom is -0.364 e. The van der Waals surface area contributed by atoms with Crippen molar-refractivity contribution in [3.63, 3.8) is 0 Å². The number of hydrogen-bond acceptors (Lipinski definition) is 8. The van der Waals surface area contributed by atoms with Gasteiger partial charge in [0.05, 0.1) is 23.8 Å². The van der Waals surface area contributed by atoms with Crippen LogP contribution in [-0.4, -0.2) is 71.9 Å². The van der Waals surface area contributed by atoms with Gasteiger partial charge in [0.15, 0.2) is 11.6 Å². The number of ketones is 2. The fraction of sp³-hybridized carbons (Fsp3) is 0.294. The largest absolute Gasteiger partial charge is 0.364 e. The predicted molar refractivity (Wildman–Crippen MR) is 163 cm³/mol. The van der Waals surface area contributed by atoms with Gasteiger partial charge in [-0.15, -0.1) is 0 Å². The second-order valence-electron chi connectivity index (χ2n) is 11.5. The molecular weight excluding hydrogens is 524 g/mol. The zero-order valence-electron chi connectivity index (χ0n) is 23.4. The van der Waals surface area contributed by atoms with Gasteiger partial charge in [0.1, 0.15) is 0 Å². The maximum atomic E-state index is 12.5. The molecule has 4 atom stereocenters. The van der Waals surface area contributed by atoms with Crippen LogP contribution in [0.2, 0.25) is 0 Å². The summed E-state index contributed by atoms with van der Waals surface area (Å²) in [6.07, 6.45) is 9.43. The standard InChI is InChI=1S/2C17H17N3O/c2*21-17(12-4-2-1-3-5-12)13-6-15(9-18-8-13)20-11-14-7-16(20)10-19-14/h2*1-6,8-9,14,16,19H,7,10-11H2/t2*14-,16-/m10/s1. The van der Waals surface area contributed by atoms with Gasteiger partial charge >= 0.3 is 0 Å². The Morgan fingerprint density at radius 2 is 1.02 bits per heavy atom. The Morgan fingerprint density at radius 3 is 1.38 bits per heavy atom. The van der Waals surface area contributed by atoms with Crippen LogP contribution in [0.3, 0.4) is 0 Å². The number of hydrogen-bond donors (Lipinski definition) is 2. The van der Waals surface area contributed by atoms with Crippen LogP contribution in [0.25, 0.3) is 0 Å². The first-order valence-electron chi connectivity index (χ1n) is 14.7. The normalized spacial score (nSPS) is 23.5. The van der Waals surface area contributed by atoms with E-state index in [9.17, 15) is 9.59 Å². The van der Waals surface area contributed by atoms with Gasteiger partial charge < -0.3 is 20.4 Å². The molecule has 4 aliphatic rings. The van der Waals surface area contributed by atoms with E-state index in [1.54, 1.807) is 12.4 Å². The lowest BCUT2D eigenvalue weighted by molar-refractivity contribution is 0.103. The topological polar surface area (TPSA) is 90.5 Å². The van der Waals surface area contributed by atoms with Crippen molar-refractivity contribution in [2.24, 2.45) is 0 Å². The van der Waals surface area contributed by atoms with Crippen LogP contribution in [0.4, 0.5) is 11.4 Å². The lowest BCUT2D eigenvalue weighted by Crippen LogP contribution is -2.43. The van der Waals surface area contributed by atoms with E-state index >= 15 is 0 Å². The molecule has 0 aliphatic carbocycles. The number of carbonyl (C=O) groups is 2. The summed E-state index contributed by atoms with van der Waals surface area (Å²) in [5.74, 6) is 0.0693. The first kappa shape index (κ1) is 26.5. The van der Waals surface area contributed by atoms with Crippen LogP contribution in [0.15, 0.2) is 97.6 Å². The van der Waals surface area contributed by atoms with Crippen LogP contribution in [-0.2, 0) is 0 Å². The molecule has 212 valence electrons. The molecule has 8 rings (SSSR count). The minimum atomic E-state index is 0.0347. The fourth-order valence-electron chi connectivity index (χ4n) is 6.68. The van der Waals surface area contributed by atoms with Crippen LogP contribution in [0.5, 0.6) is 0 Å². The summed E-state index contributed by atoms with van der Waals surface area (Å²) in [6, 6.07) is 25.0. The number of aromatic nitrogens is 2. The summed E-state index contributed by atoms with van der Waals surface area (Å²) in [7, 11) is 0. The molecule has 4 saturated heterocycles. The van der Waals surface area contributed by atoms with Gasteiger partial charge in [0, 0.05) is 85.0 Å². The van der Waals surface area contributed by atoms with Crippen molar-refractivity contribution in [3.8, 4) is 0 Å². The molecule has 0 radical (unpaired) electrons. The molecule has 4 fully saturated rings. The number of nitrogens with one attached hydrogen (secondary N) is 2. The van der Waals surface area contributed by atoms with E-state index in [0.29, 0.717) is 46.4 Å². The monoisotopic (exact) mass is 558 g/mol. The molecule has 8 heteroatoms. The first-order valence-corrected chi connectivity index (χ1v) is 14.7. The minimum absolute atomic E-state index is 0.0347. The van der Waals surface area contributed by atoms with Crippen LogP contribution >= 0.6 is 0 Å². The van der Waals surface area contributed by atoms with Crippen molar-refractivity contribution in [2.45, 2.75) is 37.0 Å². The van der Waals surface area contributed by atoms with Gasteiger partial charge in [0.25, 0.3) is 0 Å². The number of benzene rings is 2. The van der Waals surface area contributed by atoms with Crippen LogP contribution in [0.1, 0.15) is 44.7 Å². The molecule has 8 nitrogen and oxygen atoms in total. The number of carbonyl (C=O) groups excluding carboxylic acids is 2. The van der Waals surface area contributed by atoms with Crippen molar-refractivity contribution >= 4 is 22.9 Å². The highest BCUT2D eigenvalue weighted by Crippen LogP contribution is 2.31. The number of fused-ring (bicyclic) bond motifs is 4. The van der Waals surface area contributed by atoms with E-state index in [2.05, 4.69) is 30.4 Å². The molecule has 0 spiro atoms. The molecule has 0 amide bonds. The van der Waals surface area contributed by atoms with Crippen molar-refractivity contribution in [1.82, 2.24) is 20.6 Å². The fourth-order valence-corrected chi connectivity index (χ4v) is 6.68. The number of nitrogens with zero attached hydrogens (tertiary/aromatic N) is 4. The third kappa shape index (κ3) is 5.31. The number of anilines is 2. The molecule has 2 N–H and O–H groups in total. The van der Waals surface area contributed by atoms with E-state index in [4.69, 9.17) is 0 Å². The van der Waals surface area contributed by atoms with E-state index in [1.165, 1.54) is 12.8 Å². The molecular formula is C34H34N6O2. The smallest absolute Gasteiger partial charge is 0.194 e. The Kier molecular flexibility index (Phi) is 7.23. The second kappa shape index (κ2) is 11.5. The van der Waals surface area contributed by atoms with Gasteiger partial charge in [-0.3, -0.25) is 19.6 Å². The summed E-state index contributed by atoms with van der Waals surface area (Å²) in [4.78, 5) is 38.3. The Labute approximate surface area is 245 Å². The molecule has 4 aromatic rings. The Morgan fingerprint density at radius 1 is 0.595 bits per heavy atom. The molecule has 4 aliphatic heterocycles. The summed E-state index contributed by atoms with van der Waals surface area (Å²) in [5, 5.41) is 6.98. The molecule has 2 aromatic heterocycles. The third-order valence-electron chi connectivity index (χ3n) is 8.82. The lowest BCUT2D eigenvalue weighted by Gasteiger charge is -2.29. The second-order valence-corrected chi connectivity index (χ2v) is 11.5. The predicted octanol–water partition coefficient (Wildman–Crippen LogP) is 3.73. The Hall–Kier alpha value is -4.40. The highest BCUT2D eigenvalue weighted by molar-refractivity contribution is 6.09. The summed E-state index contributed by atoms with van der Waals surface area (Å²) in [6.45, 7) is 4.08. The highest BCUT2D eigenvalue weighted by atomic mass is 16.1. The first-order chi connectivity index (χ1) is 20.6. The molecule has 4 bridgehead atoms. The molecule has 0 saturated carbocycles. The maximum absolute atomic E-state index is 12.5. The van der Waals surface area contributed by atoms with Crippen LogP contribution in [0, 0.1) is 0 Å². The zero-order chi connectivity index (χ0) is 28.5. The van der Waals surface area contributed by atoms with E-state index in [-0.39, 0.29) is 11.6 Å². The SMILES string of the molecule is O=C(c1ccccc1)c1cncc(N2C[C@@H]3C[C@H]2CN3)c1.O=C(c1ccccc1)c1cncc(N2C[C@H]3C[C@@H]2CN3)c1. The molecule has 2 aromatic carbocycles. The summed E-state index contributed by atoms with van der Waals surface area (Å²) < 4.78 is 0. The van der Waals surface area contributed by atoms with Gasteiger partial charge in [-0.25, -0.2) is 0 Å². The molecule has 42 heavy (non-hydrogen) atoms. The van der Waals surface area contributed by atoms with Gasteiger partial charge in [0.2, 0.25) is 0 Å². The third-order valence-corrected chi connectivity index (χ3v) is 8.82. The average molecular weight is 559 g/mol. The van der Waals surface area contributed by atoms with Crippen molar-refractivity contribution < 1.29 is 9.59 Å². The van der Waals surface area contributed by atoms with Gasteiger partial charge in [-0.2, -0.15) is 0 Å². The summed E-state index contributed by atoms with van der Waals surface area (Å²) in [5.41, 5.74) is 4.86. The van der Waals surface area contributed by atoms with Crippen molar-refractivity contribution in [3.05, 3.63) is 120 Å². The maximum Gasteiger partial charge on any atom is 0.194 e. The quantitative estimate of drug-likeness (QED) is 0.346. The molecule has 0 unspecified atom stereocenters.